The number of aromatic hydroxyl groups is 1. The Labute approximate surface area is 103 Å². The van der Waals surface area contributed by atoms with E-state index in [1.54, 1.807) is 30.5 Å². The van der Waals surface area contributed by atoms with Crippen LogP contribution in [-0.2, 0) is 0 Å². The van der Waals surface area contributed by atoms with Crippen LogP contribution in [0.4, 0.5) is 0 Å². The third-order valence-electron chi connectivity index (χ3n) is 2.52. The first kappa shape index (κ1) is 10.5. The minimum Gasteiger partial charge on any atom is -0.508 e. The first-order valence-corrected chi connectivity index (χ1v) is 5.46. The van der Waals surface area contributed by atoms with Crippen LogP contribution in [0.2, 0.25) is 0 Å². The topological polar surface area (TPSA) is 74.7 Å². The van der Waals surface area contributed by atoms with Gasteiger partial charge in [0.1, 0.15) is 11.4 Å². The van der Waals surface area contributed by atoms with E-state index >= 15 is 0 Å². The van der Waals surface area contributed by atoms with Crippen LogP contribution < -0.4 is 0 Å². The maximum absolute atomic E-state index is 9.23. The van der Waals surface area contributed by atoms with Crippen molar-refractivity contribution in [3.8, 4) is 28.7 Å². The van der Waals surface area contributed by atoms with Gasteiger partial charge in [0.15, 0.2) is 11.6 Å². The van der Waals surface area contributed by atoms with Gasteiger partial charge in [-0.05, 0) is 36.4 Å². The molecule has 3 aromatic rings. The predicted molar refractivity (Wildman–Crippen MR) is 66.7 cm³/mol. The Morgan fingerprint density at radius 1 is 1.00 bits per heavy atom. The molecule has 0 radical (unpaired) electrons. The van der Waals surface area contributed by atoms with Crippen molar-refractivity contribution in [2.45, 2.75) is 0 Å². The van der Waals surface area contributed by atoms with E-state index in [9.17, 15) is 5.11 Å². The number of nitrogens with one attached hydrogen (secondary N) is 1. The first-order valence-electron chi connectivity index (χ1n) is 5.46. The number of nitrogens with zero attached hydrogens (tertiary/aromatic N) is 3. The first-order chi connectivity index (χ1) is 8.83. The van der Waals surface area contributed by atoms with E-state index in [1.807, 2.05) is 18.2 Å². The van der Waals surface area contributed by atoms with E-state index in [2.05, 4.69) is 20.2 Å². The van der Waals surface area contributed by atoms with Crippen molar-refractivity contribution in [2.24, 2.45) is 0 Å². The summed E-state index contributed by atoms with van der Waals surface area (Å²) < 4.78 is 0. The molecule has 5 heteroatoms. The van der Waals surface area contributed by atoms with Gasteiger partial charge in [-0.1, -0.05) is 6.07 Å². The second-order valence-corrected chi connectivity index (χ2v) is 3.77. The van der Waals surface area contributed by atoms with E-state index < -0.39 is 0 Å². The summed E-state index contributed by atoms with van der Waals surface area (Å²) in [6.45, 7) is 0. The molecule has 1 aromatic carbocycles. The number of phenols is 1. The molecule has 3 rings (SSSR count). The molecule has 0 aliphatic carbocycles. The van der Waals surface area contributed by atoms with Crippen molar-refractivity contribution in [3.63, 3.8) is 0 Å². The average Bonchev–Trinajstić information content (AvgIpc) is 2.90. The summed E-state index contributed by atoms with van der Waals surface area (Å²) in [4.78, 5) is 8.57. The zero-order valence-electron chi connectivity index (χ0n) is 9.41. The van der Waals surface area contributed by atoms with Crippen LogP contribution in [0, 0.1) is 0 Å². The van der Waals surface area contributed by atoms with Crippen LogP contribution in [0.25, 0.3) is 22.9 Å². The normalized spacial score (nSPS) is 10.4. The fraction of sp³-hybridized carbons (Fsp3) is 0. The van der Waals surface area contributed by atoms with Gasteiger partial charge >= 0.3 is 0 Å². The van der Waals surface area contributed by atoms with Crippen LogP contribution in [0.5, 0.6) is 5.75 Å². The number of aromatic amines is 1. The lowest BCUT2D eigenvalue weighted by molar-refractivity contribution is 0.475. The number of H-pyrrole nitrogens is 1. The minimum atomic E-state index is 0.222. The number of hydrogen-bond acceptors (Lipinski definition) is 4. The highest BCUT2D eigenvalue weighted by molar-refractivity contribution is 5.59. The highest BCUT2D eigenvalue weighted by Gasteiger charge is 2.07. The summed E-state index contributed by atoms with van der Waals surface area (Å²) >= 11 is 0. The molecule has 0 saturated heterocycles. The number of rotatable bonds is 2. The third kappa shape index (κ3) is 1.93. The van der Waals surface area contributed by atoms with Crippen LogP contribution >= 0.6 is 0 Å². The van der Waals surface area contributed by atoms with E-state index in [-0.39, 0.29) is 5.75 Å². The van der Waals surface area contributed by atoms with Crippen molar-refractivity contribution in [1.82, 2.24) is 20.2 Å². The standard InChI is InChI=1S/C13H10N4O/c18-10-6-4-9(5-7-10)12-15-13(17-16-12)11-3-1-2-8-14-11/h1-8,18H,(H,15,16,17). The number of phenolic OH excluding ortho intramolecular Hbond substituents is 1. The van der Waals surface area contributed by atoms with Crippen molar-refractivity contribution < 1.29 is 5.11 Å². The smallest absolute Gasteiger partial charge is 0.181 e. The SMILES string of the molecule is Oc1ccc(-c2n[nH]c(-c3ccccn3)n2)cc1. The number of pyridine rings is 1. The lowest BCUT2D eigenvalue weighted by Crippen LogP contribution is -1.84. The Morgan fingerprint density at radius 3 is 2.56 bits per heavy atom. The van der Waals surface area contributed by atoms with Gasteiger partial charge < -0.3 is 5.11 Å². The van der Waals surface area contributed by atoms with Gasteiger partial charge in [-0.15, -0.1) is 0 Å². The molecule has 88 valence electrons. The summed E-state index contributed by atoms with van der Waals surface area (Å²) in [5.74, 6) is 1.42. The number of hydrogen-bond donors (Lipinski definition) is 2. The van der Waals surface area contributed by atoms with E-state index in [1.165, 1.54) is 0 Å². The molecule has 0 aliphatic heterocycles. The molecule has 0 unspecified atom stereocenters. The molecule has 0 aliphatic rings. The zero-order chi connectivity index (χ0) is 12.4. The zero-order valence-corrected chi connectivity index (χ0v) is 9.41. The largest absolute Gasteiger partial charge is 0.508 e. The summed E-state index contributed by atoms with van der Waals surface area (Å²) in [6.07, 6.45) is 1.71. The van der Waals surface area contributed by atoms with Gasteiger partial charge in [0, 0.05) is 11.8 Å². The Balaban J connectivity index is 1.97. The maximum Gasteiger partial charge on any atom is 0.181 e. The summed E-state index contributed by atoms with van der Waals surface area (Å²) in [5, 5.41) is 16.2. The Morgan fingerprint density at radius 2 is 1.83 bits per heavy atom. The molecule has 18 heavy (non-hydrogen) atoms. The molecule has 0 amide bonds. The quantitative estimate of drug-likeness (QED) is 0.718. The minimum absolute atomic E-state index is 0.222. The molecule has 0 saturated carbocycles. The monoisotopic (exact) mass is 238 g/mol. The van der Waals surface area contributed by atoms with Gasteiger partial charge in [0.25, 0.3) is 0 Å². The maximum atomic E-state index is 9.23. The second kappa shape index (κ2) is 4.29. The molecule has 2 heterocycles. The molecular formula is C13H10N4O. The van der Waals surface area contributed by atoms with Crippen LogP contribution in [0.3, 0.4) is 0 Å². The van der Waals surface area contributed by atoms with Gasteiger partial charge in [-0.3, -0.25) is 10.1 Å². The van der Waals surface area contributed by atoms with Crippen molar-refractivity contribution in [2.75, 3.05) is 0 Å². The van der Waals surface area contributed by atoms with Crippen LogP contribution in [-0.4, -0.2) is 25.3 Å². The van der Waals surface area contributed by atoms with Crippen LogP contribution in [0.1, 0.15) is 0 Å². The van der Waals surface area contributed by atoms with Gasteiger partial charge in [0.05, 0.1) is 0 Å². The van der Waals surface area contributed by atoms with Crippen molar-refractivity contribution in [3.05, 3.63) is 48.7 Å². The highest BCUT2D eigenvalue weighted by Crippen LogP contribution is 2.20. The van der Waals surface area contributed by atoms with Gasteiger partial charge in [-0.2, -0.15) is 5.10 Å². The Kier molecular flexibility index (Phi) is 2.49. The molecular weight excluding hydrogens is 228 g/mol. The van der Waals surface area contributed by atoms with Gasteiger partial charge in [-0.25, -0.2) is 4.98 Å². The summed E-state index contributed by atoms with van der Waals surface area (Å²) in [6, 6.07) is 12.3. The Bertz CT molecular complexity index is 646. The molecule has 5 nitrogen and oxygen atoms in total. The van der Waals surface area contributed by atoms with E-state index in [4.69, 9.17) is 0 Å². The lowest BCUT2D eigenvalue weighted by Gasteiger charge is -1.95. The predicted octanol–water partition coefficient (Wildman–Crippen LogP) is 2.24. The molecule has 0 atom stereocenters. The highest BCUT2D eigenvalue weighted by atomic mass is 16.3. The van der Waals surface area contributed by atoms with Gasteiger partial charge in [0.2, 0.25) is 0 Å². The van der Waals surface area contributed by atoms with E-state index in [0.717, 1.165) is 11.3 Å². The summed E-state index contributed by atoms with van der Waals surface area (Å²) in [5.41, 5.74) is 1.58. The molecule has 0 spiro atoms. The van der Waals surface area contributed by atoms with Crippen molar-refractivity contribution in [1.29, 1.82) is 0 Å². The average molecular weight is 238 g/mol. The third-order valence-corrected chi connectivity index (χ3v) is 2.52. The molecule has 2 aromatic heterocycles. The van der Waals surface area contributed by atoms with E-state index in [0.29, 0.717) is 11.6 Å². The second-order valence-electron chi connectivity index (χ2n) is 3.77. The fourth-order valence-corrected chi connectivity index (χ4v) is 1.62. The summed E-state index contributed by atoms with van der Waals surface area (Å²) in [7, 11) is 0. The number of aromatic nitrogens is 4. The van der Waals surface area contributed by atoms with Crippen LogP contribution in [0.15, 0.2) is 48.7 Å². The fourth-order valence-electron chi connectivity index (χ4n) is 1.62. The molecule has 0 fully saturated rings. The molecule has 0 bridgehead atoms. The lowest BCUT2D eigenvalue weighted by atomic mass is 10.2. The Hall–Kier alpha value is -2.69. The molecule has 2 N–H and O–H groups in total. The van der Waals surface area contributed by atoms with Crippen molar-refractivity contribution >= 4 is 0 Å². The number of benzene rings is 1.